The summed E-state index contributed by atoms with van der Waals surface area (Å²) in [4.78, 5) is 11.1. The van der Waals surface area contributed by atoms with Crippen LogP contribution in [0.4, 0.5) is 0 Å². The predicted octanol–water partition coefficient (Wildman–Crippen LogP) is -0.156. The Morgan fingerprint density at radius 3 is 2.60 bits per heavy atom. The Hall–Kier alpha value is -0.620. The van der Waals surface area contributed by atoms with E-state index in [0.29, 0.717) is 19.3 Å². The molecule has 0 aliphatic heterocycles. The van der Waals surface area contributed by atoms with E-state index in [1.807, 2.05) is 0 Å². The van der Waals surface area contributed by atoms with E-state index in [0.717, 1.165) is 0 Å². The molecule has 1 rings (SSSR count). The Kier molecular flexibility index (Phi) is 4.10. The largest absolute Gasteiger partial charge is 0.465 e. The lowest BCUT2D eigenvalue weighted by Gasteiger charge is -2.10. The quantitative estimate of drug-likeness (QED) is 0.684. The van der Waals surface area contributed by atoms with Crippen LogP contribution < -0.4 is 5.73 Å². The number of ether oxygens (including phenoxy) is 1. The van der Waals surface area contributed by atoms with Crippen molar-refractivity contribution in [2.75, 3.05) is 12.4 Å². The lowest BCUT2D eigenvalue weighted by atomic mass is 10.3. The first-order chi connectivity index (χ1) is 6.95. The minimum absolute atomic E-state index is 0.0491. The third kappa shape index (κ3) is 3.46. The van der Waals surface area contributed by atoms with Crippen molar-refractivity contribution in [3.05, 3.63) is 0 Å². The van der Waals surface area contributed by atoms with Crippen LogP contribution in [0.15, 0.2) is 0 Å². The number of hydrogen-bond donors (Lipinski definition) is 1. The Morgan fingerprint density at radius 2 is 2.13 bits per heavy atom. The summed E-state index contributed by atoms with van der Waals surface area (Å²) in [6, 6.07) is -0.0491. The maximum Gasteiger partial charge on any atom is 0.321 e. The van der Waals surface area contributed by atoms with E-state index in [1.54, 1.807) is 6.92 Å². The van der Waals surface area contributed by atoms with Crippen molar-refractivity contribution in [1.82, 2.24) is 0 Å². The van der Waals surface area contributed by atoms with Gasteiger partial charge in [-0.15, -0.1) is 0 Å². The van der Waals surface area contributed by atoms with Gasteiger partial charge in [0.15, 0.2) is 9.84 Å². The van der Waals surface area contributed by atoms with Crippen molar-refractivity contribution < 1.29 is 17.9 Å². The number of nitrogens with two attached hydrogens (primary N) is 1. The fraction of sp³-hybridized carbons (Fsp3) is 0.889. The summed E-state index contributed by atoms with van der Waals surface area (Å²) in [5.41, 5.74) is 5.63. The molecule has 0 radical (unpaired) electrons. The van der Waals surface area contributed by atoms with E-state index in [1.165, 1.54) is 0 Å². The topological polar surface area (TPSA) is 86.5 Å². The molecule has 0 bridgehead atoms. The van der Waals surface area contributed by atoms with Crippen LogP contribution in [0.5, 0.6) is 0 Å². The highest BCUT2D eigenvalue weighted by Crippen LogP contribution is 2.24. The monoisotopic (exact) mass is 235 g/mol. The summed E-state index contributed by atoms with van der Waals surface area (Å²) in [7, 11) is -3.37. The first kappa shape index (κ1) is 12.4. The molecule has 0 amide bonds. The molecule has 1 aliphatic carbocycles. The number of rotatable bonds is 4. The summed E-state index contributed by atoms with van der Waals surface area (Å²) in [6.45, 7) is 1.86. The molecular weight excluding hydrogens is 218 g/mol. The van der Waals surface area contributed by atoms with Crippen molar-refractivity contribution in [2.24, 2.45) is 5.73 Å². The standard InChI is InChI=1S/C9H17NO4S/c1-2-14-9(11)6-15(12,13)8-4-3-7(10)5-8/h7-8H,2-6,10H2,1H3. The van der Waals surface area contributed by atoms with E-state index in [9.17, 15) is 13.2 Å². The normalized spacial score (nSPS) is 26.5. The lowest BCUT2D eigenvalue weighted by molar-refractivity contribution is -0.139. The summed E-state index contributed by atoms with van der Waals surface area (Å²) < 4.78 is 28.0. The molecular formula is C9H17NO4S. The van der Waals surface area contributed by atoms with Gasteiger partial charge in [-0.3, -0.25) is 4.79 Å². The smallest absolute Gasteiger partial charge is 0.321 e. The van der Waals surface area contributed by atoms with Crippen molar-refractivity contribution in [1.29, 1.82) is 0 Å². The molecule has 1 saturated carbocycles. The Balaban J connectivity index is 2.56. The Morgan fingerprint density at radius 1 is 1.47 bits per heavy atom. The Labute approximate surface area is 89.9 Å². The zero-order chi connectivity index (χ0) is 11.5. The highest BCUT2D eigenvalue weighted by atomic mass is 32.2. The van der Waals surface area contributed by atoms with Crippen LogP contribution in [0.1, 0.15) is 26.2 Å². The van der Waals surface area contributed by atoms with Gasteiger partial charge in [-0.1, -0.05) is 0 Å². The molecule has 0 spiro atoms. The second kappa shape index (κ2) is 4.94. The van der Waals surface area contributed by atoms with Gasteiger partial charge in [-0.2, -0.15) is 0 Å². The first-order valence-electron chi connectivity index (χ1n) is 5.08. The molecule has 0 aromatic carbocycles. The van der Waals surface area contributed by atoms with Crippen LogP contribution in [0, 0.1) is 0 Å². The SMILES string of the molecule is CCOC(=O)CS(=O)(=O)C1CCC(N)C1. The van der Waals surface area contributed by atoms with Gasteiger partial charge in [0.05, 0.1) is 11.9 Å². The maximum atomic E-state index is 11.7. The molecule has 88 valence electrons. The van der Waals surface area contributed by atoms with Crippen molar-refractivity contribution in [3.63, 3.8) is 0 Å². The lowest BCUT2D eigenvalue weighted by Crippen LogP contribution is -2.28. The molecule has 0 aromatic rings. The number of esters is 1. The van der Waals surface area contributed by atoms with E-state index < -0.39 is 26.8 Å². The van der Waals surface area contributed by atoms with Crippen LogP contribution in [0.25, 0.3) is 0 Å². The van der Waals surface area contributed by atoms with Gasteiger partial charge < -0.3 is 10.5 Å². The summed E-state index contributed by atoms with van der Waals surface area (Å²) >= 11 is 0. The van der Waals surface area contributed by atoms with E-state index in [4.69, 9.17) is 5.73 Å². The van der Waals surface area contributed by atoms with Crippen LogP contribution in [-0.4, -0.2) is 38.0 Å². The van der Waals surface area contributed by atoms with Gasteiger partial charge >= 0.3 is 5.97 Å². The molecule has 2 N–H and O–H groups in total. The average Bonchev–Trinajstić information content (AvgIpc) is 2.51. The molecule has 2 unspecified atom stereocenters. The maximum absolute atomic E-state index is 11.7. The van der Waals surface area contributed by atoms with Crippen LogP contribution >= 0.6 is 0 Å². The van der Waals surface area contributed by atoms with Crippen LogP contribution in [-0.2, 0) is 19.4 Å². The number of carbonyl (C=O) groups excluding carboxylic acids is 1. The molecule has 5 nitrogen and oxygen atoms in total. The molecule has 1 aliphatic rings. The molecule has 0 saturated heterocycles. The minimum atomic E-state index is -3.37. The fourth-order valence-corrected chi connectivity index (χ4v) is 3.47. The third-order valence-corrected chi connectivity index (χ3v) is 4.64. The van der Waals surface area contributed by atoms with Gasteiger partial charge in [0, 0.05) is 6.04 Å². The van der Waals surface area contributed by atoms with Crippen molar-refractivity contribution in [3.8, 4) is 0 Å². The fourth-order valence-electron chi connectivity index (χ4n) is 1.78. The third-order valence-electron chi connectivity index (χ3n) is 2.56. The molecule has 0 heterocycles. The first-order valence-corrected chi connectivity index (χ1v) is 6.80. The number of sulfone groups is 1. The Bertz CT molecular complexity index is 325. The highest BCUT2D eigenvalue weighted by Gasteiger charge is 2.34. The van der Waals surface area contributed by atoms with Crippen molar-refractivity contribution >= 4 is 15.8 Å². The van der Waals surface area contributed by atoms with Gasteiger partial charge in [-0.05, 0) is 26.2 Å². The minimum Gasteiger partial charge on any atom is -0.465 e. The highest BCUT2D eigenvalue weighted by molar-refractivity contribution is 7.92. The van der Waals surface area contributed by atoms with Crippen LogP contribution in [0.3, 0.4) is 0 Å². The van der Waals surface area contributed by atoms with Crippen LogP contribution in [0.2, 0.25) is 0 Å². The number of hydrogen-bond acceptors (Lipinski definition) is 5. The second-order valence-corrected chi connectivity index (χ2v) is 6.09. The molecule has 0 aromatic heterocycles. The predicted molar refractivity (Wildman–Crippen MR) is 56.0 cm³/mol. The molecule has 15 heavy (non-hydrogen) atoms. The van der Waals surface area contributed by atoms with Gasteiger partial charge in [0.1, 0.15) is 5.75 Å². The summed E-state index contributed by atoms with van der Waals surface area (Å²) in [5.74, 6) is -1.18. The van der Waals surface area contributed by atoms with Gasteiger partial charge in [0.25, 0.3) is 0 Å². The zero-order valence-electron chi connectivity index (χ0n) is 8.81. The summed E-state index contributed by atoms with van der Waals surface area (Å²) in [6.07, 6.45) is 1.73. The van der Waals surface area contributed by atoms with Crippen molar-refractivity contribution in [2.45, 2.75) is 37.5 Å². The second-order valence-electron chi connectivity index (χ2n) is 3.81. The van der Waals surface area contributed by atoms with E-state index in [-0.39, 0.29) is 12.6 Å². The molecule has 2 atom stereocenters. The van der Waals surface area contributed by atoms with E-state index in [2.05, 4.69) is 4.74 Å². The van der Waals surface area contributed by atoms with Gasteiger partial charge in [0.2, 0.25) is 0 Å². The molecule has 6 heteroatoms. The summed E-state index contributed by atoms with van der Waals surface area (Å²) in [5, 5.41) is -0.461. The number of carbonyl (C=O) groups is 1. The molecule has 1 fully saturated rings. The average molecular weight is 235 g/mol. The zero-order valence-corrected chi connectivity index (χ0v) is 9.63. The van der Waals surface area contributed by atoms with Gasteiger partial charge in [-0.25, -0.2) is 8.42 Å². The van der Waals surface area contributed by atoms with E-state index >= 15 is 0 Å².